The molecule has 0 aliphatic carbocycles. The van der Waals surface area contributed by atoms with Crippen molar-refractivity contribution in [2.75, 3.05) is 39.5 Å². The zero-order chi connectivity index (χ0) is 22.5. The number of halogens is 1. The molecule has 0 N–H and O–H groups in total. The highest BCUT2D eigenvalue weighted by Gasteiger charge is 2.32. The van der Waals surface area contributed by atoms with Crippen LogP contribution in [0, 0.1) is 12.7 Å². The summed E-state index contributed by atoms with van der Waals surface area (Å²) in [6.45, 7) is 4.67. The Morgan fingerprint density at radius 1 is 1.22 bits per heavy atom. The molecule has 8 nitrogen and oxygen atoms in total. The van der Waals surface area contributed by atoms with E-state index in [1.165, 1.54) is 12.1 Å². The summed E-state index contributed by atoms with van der Waals surface area (Å²) in [6, 6.07) is 5.89. The van der Waals surface area contributed by atoms with E-state index in [1.807, 2.05) is 0 Å². The monoisotopic (exact) mass is 442 g/mol. The first-order valence-corrected chi connectivity index (χ1v) is 10.9. The lowest BCUT2D eigenvalue weighted by atomic mass is 10.1. The number of likely N-dealkylation sites (tertiary alicyclic amines) is 1. The summed E-state index contributed by atoms with van der Waals surface area (Å²) < 4.78 is 24.4. The van der Waals surface area contributed by atoms with Gasteiger partial charge in [0.25, 0.3) is 5.91 Å². The van der Waals surface area contributed by atoms with Crippen molar-refractivity contribution >= 4 is 11.8 Å². The van der Waals surface area contributed by atoms with Gasteiger partial charge in [-0.05, 0) is 31.9 Å². The van der Waals surface area contributed by atoms with Gasteiger partial charge in [-0.25, -0.2) is 14.4 Å². The molecule has 2 amide bonds. The second kappa shape index (κ2) is 10.0. The fraction of sp³-hybridized carbons (Fsp3) is 0.478. The van der Waals surface area contributed by atoms with Crippen molar-refractivity contribution in [3.8, 4) is 5.75 Å². The molecule has 1 unspecified atom stereocenters. The van der Waals surface area contributed by atoms with Gasteiger partial charge in [-0.2, -0.15) is 0 Å². The lowest BCUT2D eigenvalue weighted by molar-refractivity contribution is -0.132. The van der Waals surface area contributed by atoms with E-state index in [0.717, 1.165) is 12.8 Å². The van der Waals surface area contributed by atoms with E-state index in [-0.39, 0.29) is 36.6 Å². The number of hydrogen-bond donors (Lipinski definition) is 0. The molecule has 3 heterocycles. The van der Waals surface area contributed by atoms with Crippen LogP contribution in [0.2, 0.25) is 0 Å². The third kappa shape index (κ3) is 4.88. The van der Waals surface area contributed by atoms with E-state index in [4.69, 9.17) is 9.47 Å². The molecule has 2 aromatic rings. The summed E-state index contributed by atoms with van der Waals surface area (Å²) in [4.78, 5) is 38.1. The zero-order valence-corrected chi connectivity index (χ0v) is 18.1. The molecule has 0 radical (unpaired) electrons. The third-order valence-corrected chi connectivity index (χ3v) is 5.81. The molecule has 1 aromatic heterocycles. The summed E-state index contributed by atoms with van der Waals surface area (Å²) >= 11 is 0. The van der Waals surface area contributed by atoms with Crippen LogP contribution in [-0.2, 0) is 9.53 Å². The van der Waals surface area contributed by atoms with Crippen LogP contribution < -0.4 is 4.74 Å². The first-order chi connectivity index (χ1) is 15.5. The number of para-hydroxylation sites is 1. The number of aromatic nitrogens is 2. The van der Waals surface area contributed by atoms with Gasteiger partial charge in [0.1, 0.15) is 0 Å². The number of carbonyl (C=O) groups excluding carboxylic acids is 2. The molecule has 0 bridgehead atoms. The standard InChI is InChI=1S/C23H27FN4O4/c1-16-17(23(30)27-10-13-31-14-11-27)15-25-22(26-16)19-6-4-9-28(19)21(29)8-12-32-20-7-3-2-5-18(20)24/h2-3,5,7,15,19H,4,6,8-14H2,1H3. The summed E-state index contributed by atoms with van der Waals surface area (Å²) in [5.41, 5.74) is 1.08. The zero-order valence-electron chi connectivity index (χ0n) is 18.1. The highest BCUT2D eigenvalue weighted by Crippen LogP contribution is 2.31. The second-order valence-electron chi connectivity index (χ2n) is 7.91. The Morgan fingerprint density at radius 3 is 2.75 bits per heavy atom. The van der Waals surface area contributed by atoms with Crippen LogP contribution in [0.3, 0.4) is 0 Å². The van der Waals surface area contributed by atoms with Gasteiger partial charge in [0.15, 0.2) is 17.4 Å². The summed E-state index contributed by atoms with van der Waals surface area (Å²) in [7, 11) is 0. The minimum absolute atomic E-state index is 0.0847. The van der Waals surface area contributed by atoms with Gasteiger partial charge in [-0.1, -0.05) is 12.1 Å². The smallest absolute Gasteiger partial charge is 0.257 e. The Balaban J connectivity index is 1.39. The van der Waals surface area contributed by atoms with E-state index in [1.54, 1.807) is 35.1 Å². The number of ether oxygens (including phenoxy) is 2. The SMILES string of the molecule is Cc1nc(C2CCCN2C(=O)CCOc2ccccc2F)ncc1C(=O)N1CCOCC1. The first-order valence-electron chi connectivity index (χ1n) is 10.9. The molecule has 1 aromatic carbocycles. The molecule has 2 aliphatic heterocycles. The van der Waals surface area contributed by atoms with Gasteiger partial charge >= 0.3 is 0 Å². The Hall–Kier alpha value is -3.07. The van der Waals surface area contributed by atoms with Crippen LogP contribution in [-0.4, -0.2) is 71.0 Å². The molecule has 0 spiro atoms. The van der Waals surface area contributed by atoms with Crippen LogP contribution in [0.25, 0.3) is 0 Å². The lowest BCUT2D eigenvalue weighted by Gasteiger charge is -2.27. The maximum atomic E-state index is 13.7. The maximum absolute atomic E-state index is 13.7. The molecule has 2 saturated heterocycles. The van der Waals surface area contributed by atoms with Crippen LogP contribution in [0.1, 0.15) is 47.2 Å². The topological polar surface area (TPSA) is 84.9 Å². The molecule has 9 heteroatoms. The third-order valence-electron chi connectivity index (χ3n) is 5.81. The molecule has 2 fully saturated rings. The fourth-order valence-corrected chi connectivity index (χ4v) is 4.08. The Bertz CT molecular complexity index is 980. The molecule has 2 aliphatic rings. The van der Waals surface area contributed by atoms with Gasteiger partial charge in [0, 0.05) is 25.8 Å². The number of hydrogen-bond acceptors (Lipinski definition) is 6. The highest BCUT2D eigenvalue weighted by atomic mass is 19.1. The van der Waals surface area contributed by atoms with E-state index >= 15 is 0 Å². The van der Waals surface area contributed by atoms with E-state index in [0.29, 0.717) is 49.9 Å². The minimum atomic E-state index is -0.449. The van der Waals surface area contributed by atoms with Gasteiger partial charge in [-0.15, -0.1) is 0 Å². The second-order valence-corrected chi connectivity index (χ2v) is 7.91. The molecule has 32 heavy (non-hydrogen) atoms. The number of nitrogens with zero attached hydrogens (tertiary/aromatic N) is 4. The van der Waals surface area contributed by atoms with E-state index in [2.05, 4.69) is 9.97 Å². The quantitative estimate of drug-likeness (QED) is 0.684. The predicted octanol–water partition coefficient (Wildman–Crippen LogP) is 2.53. The van der Waals surface area contributed by atoms with Crippen molar-refractivity contribution in [2.45, 2.75) is 32.2 Å². The normalized spacial score (nSPS) is 18.6. The number of morpholine rings is 1. The number of carbonyl (C=O) groups is 2. The average molecular weight is 442 g/mol. The van der Waals surface area contributed by atoms with Crippen molar-refractivity contribution in [2.24, 2.45) is 0 Å². The van der Waals surface area contributed by atoms with E-state index < -0.39 is 5.82 Å². The number of amides is 2. The van der Waals surface area contributed by atoms with Crippen molar-refractivity contribution in [1.29, 1.82) is 0 Å². The Kier molecular flexibility index (Phi) is 6.94. The van der Waals surface area contributed by atoms with Crippen LogP contribution in [0.4, 0.5) is 4.39 Å². The molecule has 4 rings (SSSR count). The van der Waals surface area contributed by atoms with Gasteiger partial charge in [-0.3, -0.25) is 9.59 Å². The largest absolute Gasteiger partial charge is 0.490 e. The maximum Gasteiger partial charge on any atom is 0.257 e. The van der Waals surface area contributed by atoms with Crippen molar-refractivity contribution in [3.05, 3.63) is 53.4 Å². The lowest BCUT2D eigenvalue weighted by Crippen LogP contribution is -2.41. The minimum Gasteiger partial charge on any atom is -0.490 e. The van der Waals surface area contributed by atoms with Crippen LogP contribution >= 0.6 is 0 Å². The number of benzene rings is 1. The Labute approximate surface area is 186 Å². The fourth-order valence-electron chi connectivity index (χ4n) is 4.08. The average Bonchev–Trinajstić information content (AvgIpc) is 3.30. The van der Waals surface area contributed by atoms with Crippen LogP contribution in [0.15, 0.2) is 30.5 Å². The van der Waals surface area contributed by atoms with E-state index in [9.17, 15) is 14.0 Å². The Morgan fingerprint density at radius 2 is 2.00 bits per heavy atom. The number of rotatable bonds is 6. The number of aryl methyl sites for hydroxylation is 1. The first kappa shape index (κ1) is 22.1. The van der Waals surface area contributed by atoms with Gasteiger partial charge in [0.05, 0.1) is 43.5 Å². The summed E-state index contributed by atoms with van der Waals surface area (Å²) in [5, 5.41) is 0. The summed E-state index contributed by atoms with van der Waals surface area (Å²) in [5.74, 6) is 0.0507. The molecule has 1 atom stereocenters. The van der Waals surface area contributed by atoms with Gasteiger partial charge < -0.3 is 19.3 Å². The predicted molar refractivity (Wildman–Crippen MR) is 114 cm³/mol. The summed E-state index contributed by atoms with van der Waals surface area (Å²) in [6.07, 6.45) is 3.31. The molecular weight excluding hydrogens is 415 g/mol. The highest BCUT2D eigenvalue weighted by molar-refractivity contribution is 5.95. The van der Waals surface area contributed by atoms with Crippen molar-refractivity contribution in [3.63, 3.8) is 0 Å². The molecule has 0 saturated carbocycles. The van der Waals surface area contributed by atoms with Crippen molar-refractivity contribution in [1.82, 2.24) is 19.8 Å². The molecule has 170 valence electrons. The molecular formula is C23H27FN4O4. The van der Waals surface area contributed by atoms with Gasteiger partial charge in [0.2, 0.25) is 5.91 Å². The van der Waals surface area contributed by atoms with Crippen LogP contribution in [0.5, 0.6) is 5.75 Å². The van der Waals surface area contributed by atoms with Crippen molar-refractivity contribution < 1.29 is 23.5 Å².